The van der Waals surface area contributed by atoms with Gasteiger partial charge >= 0.3 is 11.6 Å². The predicted molar refractivity (Wildman–Crippen MR) is 144 cm³/mol. The summed E-state index contributed by atoms with van der Waals surface area (Å²) in [6.07, 6.45) is 1.78. The molecule has 36 heavy (non-hydrogen) atoms. The van der Waals surface area contributed by atoms with Crippen LogP contribution in [-0.4, -0.2) is 11.0 Å². The second-order valence-corrected chi connectivity index (χ2v) is 9.33. The summed E-state index contributed by atoms with van der Waals surface area (Å²) in [5.41, 5.74) is 4.21. The molecule has 3 aromatic carbocycles. The maximum atomic E-state index is 13.0. The Balaban J connectivity index is 1.67. The molecular formula is C30H23NO4S. The van der Waals surface area contributed by atoms with Crippen LogP contribution in [0.15, 0.2) is 94.2 Å². The average Bonchev–Trinajstić information content (AvgIpc) is 3.24. The topological polar surface area (TPSA) is 69.4 Å². The Morgan fingerprint density at radius 3 is 2.39 bits per heavy atom. The first-order chi connectivity index (χ1) is 17.5. The number of hydrogen-bond donors (Lipinski definition) is 0. The highest BCUT2D eigenvalue weighted by Gasteiger charge is 2.25. The highest BCUT2D eigenvalue weighted by atomic mass is 32.1. The number of carbonyl (C=O) groups is 1. The molecule has 0 aliphatic heterocycles. The second-order valence-electron chi connectivity index (χ2n) is 8.31. The summed E-state index contributed by atoms with van der Waals surface area (Å²) in [4.78, 5) is 31.9. The molecule has 2 aromatic heterocycles. The van der Waals surface area contributed by atoms with Gasteiger partial charge in [0, 0.05) is 5.56 Å². The van der Waals surface area contributed by atoms with Crippen molar-refractivity contribution in [3.63, 3.8) is 0 Å². The lowest BCUT2D eigenvalue weighted by atomic mass is 10.0. The van der Waals surface area contributed by atoms with Crippen LogP contribution in [0.3, 0.4) is 0 Å². The molecule has 0 aliphatic carbocycles. The molecule has 0 atom stereocenters. The van der Waals surface area contributed by atoms with Gasteiger partial charge in [-0.15, -0.1) is 11.3 Å². The van der Waals surface area contributed by atoms with E-state index in [-0.39, 0.29) is 5.89 Å². The van der Waals surface area contributed by atoms with E-state index in [9.17, 15) is 9.59 Å². The van der Waals surface area contributed by atoms with Crippen molar-refractivity contribution in [2.24, 2.45) is 0 Å². The van der Waals surface area contributed by atoms with Crippen molar-refractivity contribution < 1.29 is 13.9 Å². The number of rotatable bonds is 5. The largest absolute Gasteiger partial charge is 0.422 e. The van der Waals surface area contributed by atoms with Crippen LogP contribution in [0.1, 0.15) is 33.3 Å². The Bertz CT molecular complexity index is 1680. The van der Waals surface area contributed by atoms with Gasteiger partial charge in [0.25, 0.3) is 0 Å². The van der Waals surface area contributed by atoms with Gasteiger partial charge in [0.2, 0.25) is 5.89 Å². The SMILES string of the molecule is CC=C(OC(=O)c1ccccc1C)c1sc(-c2nc3ccccc3c(=O)o2)c(-c2ccccc2)c1C. The van der Waals surface area contributed by atoms with Gasteiger partial charge in [-0.1, -0.05) is 60.7 Å². The average molecular weight is 494 g/mol. The van der Waals surface area contributed by atoms with E-state index in [1.54, 1.807) is 30.3 Å². The molecule has 2 heterocycles. The zero-order chi connectivity index (χ0) is 25.2. The molecule has 0 radical (unpaired) electrons. The quantitative estimate of drug-likeness (QED) is 0.188. The first-order valence-corrected chi connectivity index (χ1v) is 12.3. The van der Waals surface area contributed by atoms with Gasteiger partial charge < -0.3 is 9.15 Å². The number of aromatic nitrogens is 1. The van der Waals surface area contributed by atoms with Crippen molar-refractivity contribution in [3.8, 4) is 21.9 Å². The van der Waals surface area contributed by atoms with Gasteiger partial charge in [-0.25, -0.2) is 14.6 Å². The Morgan fingerprint density at radius 1 is 0.944 bits per heavy atom. The molecule has 0 N–H and O–H groups in total. The zero-order valence-corrected chi connectivity index (χ0v) is 20.9. The Labute approximate surface area is 212 Å². The minimum Gasteiger partial charge on any atom is -0.422 e. The van der Waals surface area contributed by atoms with Crippen molar-refractivity contribution in [2.45, 2.75) is 20.8 Å². The molecule has 0 aliphatic rings. The van der Waals surface area contributed by atoms with Gasteiger partial charge in [0.1, 0.15) is 5.76 Å². The van der Waals surface area contributed by atoms with Crippen LogP contribution < -0.4 is 5.63 Å². The normalized spacial score (nSPS) is 11.6. The van der Waals surface area contributed by atoms with Crippen LogP contribution in [0.2, 0.25) is 0 Å². The van der Waals surface area contributed by atoms with E-state index in [1.807, 2.05) is 75.4 Å². The van der Waals surface area contributed by atoms with Gasteiger partial charge in [-0.3, -0.25) is 0 Å². The van der Waals surface area contributed by atoms with E-state index in [1.165, 1.54) is 11.3 Å². The molecule has 0 saturated carbocycles. The van der Waals surface area contributed by atoms with E-state index in [0.717, 1.165) is 27.1 Å². The van der Waals surface area contributed by atoms with Crippen molar-refractivity contribution >= 4 is 34.0 Å². The molecule has 0 unspecified atom stereocenters. The Morgan fingerprint density at radius 2 is 1.64 bits per heavy atom. The van der Waals surface area contributed by atoms with E-state index in [2.05, 4.69) is 4.98 Å². The van der Waals surface area contributed by atoms with E-state index in [0.29, 0.717) is 27.1 Å². The number of allylic oxidation sites excluding steroid dienone is 1. The number of fused-ring (bicyclic) bond motifs is 1. The lowest BCUT2D eigenvalue weighted by molar-refractivity contribution is 0.0691. The minimum absolute atomic E-state index is 0.234. The molecule has 0 amide bonds. The van der Waals surface area contributed by atoms with Crippen molar-refractivity contribution in [1.82, 2.24) is 4.98 Å². The molecular weight excluding hydrogens is 470 g/mol. The highest BCUT2D eigenvalue weighted by molar-refractivity contribution is 7.17. The van der Waals surface area contributed by atoms with Crippen LogP contribution in [-0.2, 0) is 4.74 Å². The van der Waals surface area contributed by atoms with Gasteiger partial charge in [0.15, 0.2) is 0 Å². The van der Waals surface area contributed by atoms with Crippen LogP contribution >= 0.6 is 11.3 Å². The van der Waals surface area contributed by atoms with Crippen LogP contribution in [0.4, 0.5) is 0 Å². The monoisotopic (exact) mass is 493 g/mol. The third-order valence-electron chi connectivity index (χ3n) is 5.99. The summed E-state index contributed by atoms with van der Waals surface area (Å²) >= 11 is 1.38. The number of aryl methyl sites for hydroxylation is 1. The third kappa shape index (κ3) is 4.27. The molecule has 0 saturated heterocycles. The lowest BCUT2D eigenvalue weighted by Gasteiger charge is -2.10. The molecule has 5 rings (SSSR count). The number of benzene rings is 3. The Hall–Kier alpha value is -4.29. The van der Waals surface area contributed by atoms with Crippen molar-refractivity contribution in [3.05, 3.63) is 117 Å². The number of carbonyl (C=O) groups excluding carboxylic acids is 1. The number of para-hydroxylation sites is 1. The van der Waals surface area contributed by atoms with E-state index >= 15 is 0 Å². The molecule has 0 spiro atoms. The number of thiophene rings is 1. The molecule has 178 valence electrons. The fraction of sp³-hybridized carbons (Fsp3) is 0.100. The maximum Gasteiger partial charge on any atom is 0.347 e. The summed E-state index contributed by atoms with van der Waals surface area (Å²) in [6, 6.07) is 24.3. The summed E-state index contributed by atoms with van der Waals surface area (Å²) in [6.45, 7) is 5.68. The van der Waals surface area contributed by atoms with E-state index in [4.69, 9.17) is 9.15 Å². The summed E-state index contributed by atoms with van der Waals surface area (Å²) in [5.74, 6) is 0.252. The number of hydrogen-bond acceptors (Lipinski definition) is 6. The predicted octanol–water partition coefficient (Wildman–Crippen LogP) is 7.42. The standard InChI is InChI=1S/C30H23NO4S/c1-4-24(34-29(32)21-15-9-8-12-18(21)2)26-19(3)25(20-13-6-5-7-14-20)27(36-26)28-31-23-17-11-10-16-22(23)30(33)35-28/h4-17H,1-3H3. The Kier molecular flexibility index (Phi) is 6.36. The summed E-state index contributed by atoms with van der Waals surface area (Å²) in [5, 5.41) is 0.428. The smallest absolute Gasteiger partial charge is 0.347 e. The maximum absolute atomic E-state index is 13.0. The zero-order valence-electron chi connectivity index (χ0n) is 20.1. The lowest BCUT2D eigenvalue weighted by Crippen LogP contribution is -2.06. The fourth-order valence-electron chi connectivity index (χ4n) is 4.16. The third-order valence-corrected chi connectivity index (χ3v) is 7.29. The summed E-state index contributed by atoms with van der Waals surface area (Å²) in [7, 11) is 0. The molecule has 0 bridgehead atoms. The number of nitrogens with zero attached hydrogens (tertiary/aromatic N) is 1. The van der Waals surface area contributed by atoms with Crippen LogP contribution in [0.5, 0.6) is 0 Å². The highest BCUT2D eigenvalue weighted by Crippen LogP contribution is 2.45. The summed E-state index contributed by atoms with van der Waals surface area (Å²) < 4.78 is 11.6. The fourth-order valence-corrected chi connectivity index (χ4v) is 5.43. The first kappa shape index (κ1) is 23.5. The van der Waals surface area contributed by atoms with Crippen LogP contribution in [0, 0.1) is 13.8 Å². The van der Waals surface area contributed by atoms with E-state index < -0.39 is 11.6 Å². The molecule has 5 aromatic rings. The van der Waals surface area contributed by atoms with Gasteiger partial charge in [0.05, 0.1) is 26.2 Å². The number of esters is 1. The number of ether oxygens (including phenoxy) is 1. The molecule has 5 nitrogen and oxygen atoms in total. The van der Waals surface area contributed by atoms with Gasteiger partial charge in [-0.2, -0.15) is 0 Å². The van der Waals surface area contributed by atoms with Crippen molar-refractivity contribution in [2.75, 3.05) is 0 Å². The molecule has 0 fully saturated rings. The van der Waals surface area contributed by atoms with Crippen molar-refractivity contribution in [1.29, 1.82) is 0 Å². The van der Waals surface area contributed by atoms with Gasteiger partial charge in [-0.05, 0) is 61.7 Å². The second kappa shape index (κ2) is 9.76. The minimum atomic E-state index is -0.445. The first-order valence-electron chi connectivity index (χ1n) is 11.5. The molecule has 6 heteroatoms. The van der Waals surface area contributed by atoms with Crippen LogP contribution in [0.25, 0.3) is 38.6 Å².